The maximum absolute atomic E-state index is 14.5. The van der Waals surface area contributed by atoms with Gasteiger partial charge in [-0.05, 0) is 64.8 Å². The van der Waals surface area contributed by atoms with Gasteiger partial charge in [0.05, 0.1) is 11.5 Å². The van der Waals surface area contributed by atoms with Crippen molar-refractivity contribution in [2.24, 2.45) is 5.92 Å². The number of halogens is 5. The van der Waals surface area contributed by atoms with E-state index in [1.165, 1.54) is 6.07 Å². The molecule has 0 aliphatic carbocycles. The van der Waals surface area contributed by atoms with Crippen LogP contribution < -0.4 is 21.3 Å². The summed E-state index contributed by atoms with van der Waals surface area (Å²) in [6, 6.07) is 1.31. The number of nitrogens with one attached hydrogen (secondary N) is 2. The molecule has 15 heteroatoms. The molecule has 1 aliphatic heterocycles. The maximum atomic E-state index is 14.5. The summed E-state index contributed by atoms with van der Waals surface area (Å²) in [5, 5.41) is 15.5. The summed E-state index contributed by atoms with van der Waals surface area (Å²) in [6.07, 6.45) is -2.83. The molecule has 1 aromatic carbocycles. The third kappa shape index (κ3) is 9.05. The Morgan fingerprint density at radius 1 is 1.24 bits per heavy atom. The van der Waals surface area contributed by atoms with E-state index in [1.807, 2.05) is 0 Å². The minimum absolute atomic E-state index is 0.00587. The summed E-state index contributed by atoms with van der Waals surface area (Å²) in [4.78, 5) is 34.0. The molecule has 0 spiro atoms. The van der Waals surface area contributed by atoms with Gasteiger partial charge in [-0.1, -0.05) is 11.6 Å². The number of piperidine rings is 1. The van der Waals surface area contributed by atoms with Crippen molar-refractivity contribution >= 4 is 40.9 Å². The van der Waals surface area contributed by atoms with Gasteiger partial charge in [0, 0.05) is 29.8 Å². The third-order valence-corrected chi connectivity index (χ3v) is 6.58. The zero-order chi connectivity index (χ0) is 30.5. The SMILES string of the molecule is CC(C)(C)OC(=O)C(CCCN[C@H]1CN(c2ncnc(N)c2F)CCC1C(=O)O)Nc1cc(Cl)cc(C(F)(F)F)c1. The first-order chi connectivity index (χ1) is 19.0. The normalized spacial score (nSPS) is 18.6. The predicted octanol–water partition coefficient (Wildman–Crippen LogP) is 4.34. The molecule has 0 bridgehead atoms. The Hall–Kier alpha value is -3.39. The Morgan fingerprint density at radius 2 is 1.95 bits per heavy atom. The summed E-state index contributed by atoms with van der Waals surface area (Å²) in [5.74, 6) is -3.58. The van der Waals surface area contributed by atoms with Crippen molar-refractivity contribution in [2.75, 3.05) is 35.6 Å². The number of benzene rings is 1. The Bertz CT molecular complexity index is 1240. The highest BCUT2D eigenvalue weighted by Gasteiger charge is 2.36. The average molecular weight is 605 g/mol. The molecule has 1 saturated heterocycles. The van der Waals surface area contributed by atoms with E-state index in [9.17, 15) is 32.3 Å². The van der Waals surface area contributed by atoms with Crippen LogP contribution in [0, 0.1) is 11.7 Å². The van der Waals surface area contributed by atoms with Gasteiger partial charge in [0.25, 0.3) is 0 Å². The van der Waals surface area contributed by atoms with Crippen molar-refractivity contribution in [1.82, 2.24) is 15.3 Å². The lowest BCUT2D eigenvalue weighted by molar-refractivity contribution is -0.156. The van der Waals surface area contributed by atoms with Crippen molar-refractivity contribution in [3.8, 4) is 0 Å². The fraction of sp³-hybridized carbons (Fsp3) is 0.538. The number of carboxylic acids is 1. The van der Waals surface area contributed by atoms with E-state index >= 15 is 0 Å². The van der Waals surface area contributed by atoms with E-state index in [0.717, 1.165) is 18.5 Å². The Kier molecular flexibility index (Phi) is 10.2. The zero-order valence-corrected chi connectivity index (χ0v) is 23.5. The van der Waals surface area contributed by atoms with Crippen molar-refractivity contribution in [3.63, 3.8) is 0 Å². The standard InChI is InChI=1S/C26H33ClF4N6O4/c1-25(2,3)41-24(40)18(36-16-10-14(26(29,30)31)9-15(27)11-16)5-4-7-33-19-12-37(8-6-17(19)23(38)39)22-20(28)21(32)34-13-35-22/h9-11,13,17-19,33,36H,4-8,12H2,1-3H3,(H,38,39)(H2,32,34,35)/t17?,18?,19-/m0/s1. The van der Waals surface area contributed by atoms with Crippen molar-refractivity contribution in [2.45, 2.75) is 63.9 Å². The molecular formula is C26H33ClF4N6O4. The van der Waals surface area contributed by atoms with Crippen LogP contribution in [-0.2, 0) is 20.5 Å². The van der Waals surface area contributed by atoms with Crippen LogP contribution in [0.2, 0.25) is 5.02 Å². The van der Waals surface area contributed by atoms with Crippen LogP contribution in [0.1, 0.15) is 45.6 Å². The summed E-state index contributed by atoms with van der Waals surface area (Å²) in [6.45, 7) is 5.62. The van der Waals surface area contributed by atoms with E-state index in [0.29, 0.717) is 6.42 Å². The van der Waals surface area contributed by atoms with Gasteiger partial charge in [-0.25, -0.2) is 14.8 Å². The van der Waals surface area contributed by atoms with Crippen molar-refractivity contribution < 1.29 is 37.0 Å². The summed E-state index contributed by atoms with van der Waals surface area (Å²) >= 11 is 5.90. The fourth-order valence-electron chi connectivity index (χ4n) is 4.49. The number of carboxylic acid groups (broad SMARTS) is 1. The topological polar surface area (TPSA) is 143 Å². The molecule has 2 aromatic rings. The molecule has 2 unspecified atom stereocenters. The van der Waals surface area contributed by atoms with Gasteiger partial charge in [-0.15, -0.1) is 0 Å². The molecule has 3 rings (SSSR count). The van der Waals surface area contributed by atoms with E-state index in [2.05, 4.69) is 20.6 Å². The van der Waals surface area contributed by atoms with E-state index in [1.54, 1.807) is 25.7 Å². The number of aliphatic carboxylic acids is 1. The molecule has 5 N–H and O–H groups in total. The molecular weight excluding hydrogens is 572 g/mol. The van der Waals surface area contributed by atoms with Crippen LogP contribution in [0.3, 0.4) is 0 Å². The van der Waals surface area contributed by atoms with Crippen LogP contribution in [0.5, 0.6) is 0 Å². The first-order valence-corrected chi connectivity index (χ1v) is 13.3. The van der Waals surface area contributed by atoms with Gasteiger partial charge in [-0.2, -0.15) is 17.6 Å². The molecule has 2 heterocycles. The number of anilines is 3. The van der Waals surface area contributed by atoms with E-state index in [-0.39, 0.29) is 54.8 Å². The number of alkyl halides is 3. The highest BCUT2D eigenvalue weighted by molar-refractivity contribution is 6.31. The molecule has 3 atom stereocenters. The van der Waals surface area contributed by atoms with Gasteiger partial charge < -0.3 is 31.1 Å². The highest BCUT2D eigenvalue weighted by atomic mass is 35.5. The molecule has 10 nitrogen and oxygen atoms in total. The van der Waals surface area contributed by atoms with E-state index in [4.69, 9.17) is 22.1 Å². The lowest BCUT2D eigenvalue weighted by Crippen LogP contribution is -2.54. The van der Waals surface area contributed by atoms with Crippen LogP contribution in [0.4, 0.5) is 34.9 Å². The molecule has 0 radical (unpaired) electrons. The van der Waals surface area contributed by atoms with Crippen LogP contribution in [0.15, 0.2) is 24.5 Å². The van der Waals surface area contributed by atoms with Crippen molar-refractivity contribution in [3.05, 3.63) is 40.9 Å². The summed E-state index contributed by atoms with van der Waals surface area (Å²) in [7, 11) is 0. The second kappa shape index (κ2) is 13.1. The third-order valence-electron chi connectivity index (χ3n) is 6.36. The fourth-order valence-corrected chi connectivity index (χ4v) is 4.73. The van der Waals surface area contributed by atoms with Crippen molar-refractivity contribution in [1.29, 1.82) is 0 Å². The molecule has 1 aromatic heterocycles. The van der Waals surface area contributed by atoms with Crippen LogP contribution in [-0.4, -0.2) is 64.3 Å². The Balaban J connectivity index is 1.70. The Morgan fingerprint density at radius 3 is 2.59 bits per heavy atom. The highest BCUT2D eigenvalue weighted by Crippen LogP contribution is 2.34. The van der Waals surface area contributed by atoms with Gasteiger partial charge in [0.1, 0.15) is 18.0 Å². The minimum Gasteiger partial charge on any atom is -0.481 e. The van der Waals surface area contributed by atoms with E-state index < -0.39 is 53.1 Å². The monoisotopic (exact) mass is 604 g/mol. The molecule has 1 aliphatic rings. The van der Waals surface area contributed by atoms with Crippen LogP contribution >= 0.6 is 11.6 Å². The van der Waals surface area contributed by atoms with Gasteiger partial charge in [0.2, 0.25) is 5.82 Å². The number of nitrogen functional groups attached to an aromatic ring is 1. The maximum Gasteiger partial charge on any atom is 0.416 e. The molecule has 0 amide bonds. The number of carbonyl (C=O) groups is 2. The lowest BCUT2D eigenvalue weighted by atomic mass is 9.91. The number of nitrogens with two attached hydrogens (primary N) is 1. The number of carbonyl (C=O) groups excluding carboxylic acids is 1. The number of ether oxygens (including phenoxy) is 1. The lowest BCUT2D eigenvalue weighted by Gasteiger charge is -2.38. The smallest absolute Gasteiger partial charge is 0.416 e. The van der Waals surface area contributed by atoms with Gasteiger partial charge in [0.15, 0.2) is 11.6 Å². The van der Waals surface area contributed by atoms with Crippen LogP contribution in [0.25, 0.3) is 0 Å². The Labute approximate surface area is 239 Å². The summed E-state index contributed by atoms with van der Waals surface area (Å²) in [5.41, 5.74) is 3.73. The number of nitrogens with zero attached hydrogens (tertiary/aromatic N) is 3. The first kappa shape index (κ1) is 32.1. The second-order valence-corrected chi connectivity index (χ2v) is 11.2. The van der Waals surface area contributed by atoms with Gasteiger partial charge in [-0.3, -0.25) is 4.79 Å². The summed E-state index contributed by atoms with van der Waals surface area (Å²) < 4.78 is 59.8. The first-order valence-electron chi connectivity index (χ1n) is 12.9. The minimum atomic E-state index is -4.64. The number of hydrogen-bond acceptors (Lipinski definition) is 9. The second-order valence-electron chi connectivity index (χ2n) is 10.7. The molecule has 1 fully saturated rings. The number of aromatic nitrogens is 2. The average Bonchev–Trinajstić information content (AvgIpc) is 2.85. The largest absolute Gasteiger partial charge is 0.481 e. The van der Waals surface area contributed by atoms with Gasteiger partial charge >= 0.3 is 18.1 Å². The number of esters is 1. The predicted molar refractivity (Wildman–Crippen MR) is 145 cm³/mol. The molecule has 41 heavy (non-hydrogen) atoms. The number of rotatable bonds is 10. The zero-order valence-electron chi connectivity index (χ0n) is 22.8. The molecule has 226 valence electrons. The molecule has 0 saturated carbocycles. The quantitative estimate of drug-likeness (QED) is 0.176. The number of hydrogen-bond donors (Lipinski definition) is 4.